The Bertz CT molecular complexity index is 475. The Kier molecular flexibility index (Phi) is 4.65. The summed E-state index contributed by atoms with van der Waals surface area (Å²) in [6.07, 6.45) is 1.33. The lowest BCUT2D eigenvalue weighted by molar-refractivity contribution is -0.131. The molecule has 0 spiro atoms. The fourth-order valence-corrected chi connectivity index (χ4v) is 2.89. The zero-order valence-electron chi connectivity index (χ0n) is 12.5. The number of carbonyl (C=O) groups excluding carboxylic acids is 1. The van der Waals surface area contributed by atoms with Crippen LogP contribution >= 0.6 is 0 Å². The lowest BCUT2D eigenvalue weighted by Crippen LogP contribution is -2.39. The van der Waals surface area contributed by atoms with Crippen LogP contribution in [-0.2, 0) is 4.79 Å². The van der Waals surface area contributed by atoms with Crippen LogP contribution in [0.25, 0.3) is 0 Å². The van der Waals surface area contributed by atoms with Gasteiger partial charge in [0.1, 0.15) is 5.75 Å². The maximum atomic E-state index is 12.2. The van der Waals surface area contributed by atoms with E-state index >= 15 is 0 Å². The molecule has 1 aromatic carbocycles. The lowest BCUT2D eigenvalue weighted by atomic mass is 9.98. The van der Waals surface area contributed by atoms with Gasteiger partial charge in [-0.3, -0.25) is 4.79 Å². The van der Waals surface area contributed by atoms with Crippen molar-refractivity contribution in [1.82, 2.24) is 4.90 Å². The van der Waals surface area contributed by atoms with Gasteiger partial charge in [0, 0.05) is 24.1 Å². The summed E-state index contributed by atoms with van der Waals surface area (Å²) >= 11 is 0. The van der Waals surface area contributed by atoms with Crippen molar-refractivity contribution in [2.24, 2.45) is 5.73 Å². The summed E-state index contributed by atoms with van der Waals surface area (Å²) in [5.41, 5.74) is 7.25. The van der Waals surface area contributed by atoms with E-state index in [0.717, 1.165) is 17.7 Å². The second kappa shape index (κ2) is 6.27. The molecule has 1 aliphatic rings. The van der Waals surface area contributed by atoms with Crippen LogP contribution in [0.15, 0.2) is 24.3 Å². The molecule has 1 fully saturated rings. The molecular weight excluding hydrogens is 252 g/mol. The van der Waals surface area contributed by atoms with Gasteiger partial charge < -0.3 is 15.4 Å². The molecule has 0 saturated carbocycles. The van der Waals surface area contributed by atoms with Crippen molar-refractivity contribution >= 4 is 5.91 Å². The van der Waals surface area contributed by atoms with Crippen molar-refractivity contribution in [1.29, 1.82) is 0 Å². The van der Waals surface area contributed by atoms with E-state index in [9.17, 15) is 4.79 Å². The van der Waals surface area contributed by atoms with Gasteiger partial charge in [-0.05, 0) is 26.3 Å². The second-order valence-corrected chi connectivity index (χ2v) is 5.34. The Morgan fingerprint density at radius 1 is 1.40 bits per heavy atom. The standard InChI is InChI=1S/C16H24N2O2/c1-4-11(3)18-15(19)10-13(17)16(18)12-8-6-7-9-14(12)20-5-2/h6-9,11,13,16H,4-5,10,17H2,1-3H3. The number of carbonyl (C=O) groups is 1. The fourth-order valence-electron chi connectivity index (χ4n) is 2.89. The van der Waals surface area contributed by atoms with E-state index in [4.69, 9.17) is 10.5 Å². The summed E-state index contributed by atoms with van der Waals surface area (Å²) in [7, 11) is 0. The summed E-state index contributed by atoms with van der Waals surface area (Å²) < 4.78 is 5.70. The van der Waals surface area contributed by atoms with Crippen LogP contribution in [0.5, 0.6) is 5.75 Å². The molecule has 3 atom stereocenters. The topological polar surface area (TPSA) is 55.6 Å². The zero-order chi connectivity index (χ0) is 14.7. The highest BCUT2D eigenvalue weighted by Crippen LogP contribution is 2.38. The van der Waals surface area contributed by atoms with E-state index in [-0.39, 0.29) is 24.0 Å². The zero-order valence-corrected chi connectivity index (χ0v) is 12.5. The number of para-hydroxylation sites is 1. The Balaban J connectivity index is 2.40. The first-order chi connectivity index (χ1) is 9.60. The number of ether oxygens (including phenoxy) is 1. The third-order valence-corrected chi connectivity index (χ3v) is 4.01. The first-order valence-corrected chi connectivity index (χ1v) is 7.38. The Hall–Kier alpha value is -1.55. The molecule has 1 aliphatic heterocycles. The molecule has 3 unspecified atom stereocenters. The van der Waals surface area contributed by atoms with Crippen LogP contribution in [0.2, 0.25) is 0 Å². The molecular formula is C16H24N2O2. The monoisotopic (exact) mass is 276 g/mol. The summed E-state index contributed by atoms with van der Waals surface area (Å²) in [4.78, 5) is 14.2. The van der Waals surface area contributed by atoms with E-state index < -0.39 is 0 Å². The van der Waals surface area contributed by atoms with E-state index in [1.165, 1.54) is 0 Å². The molecule has 2 N–H and O–H groups in total. The van der Waals surface area contributed by atoms with E-state index in [1.54, 1.807) is 0 Å². The van der Waals surface area contributed by atoms with Crippen LogP contribution in [0, 0.1) is 0 Å². The highest BCUT2D eigenvalue weighted by atomic mass is 16.5. The van der Waals surface area contributed by atoms with Crippen molar-refractivity contribution in [3.63, 3.8) is 0 Å². The van der Waals surface area contributed by atoms with E-state index in [0.29, 0.717) is 13.0 Å². The van der Waals surface area contributed by atoms with E-state index in [1.807, 2.05) is 36.1 Å². The van der Waals surface area contributed by atoms with Gasteiger partial charge in [0.2, 0.25) is 5.91 Å². The Morgan fingerprint density at radius 3 is 2.75 bits per heavy atom. The van der Waals surface area contributed by atoms with Crippen LogP contribution in [0.4, 0.5) is 0 Å². The number of benzene rings is 1. The minimum absolute atomic E-state index is 0.0831. The minimum atomic E-state index is -0.168. The summed E-state index contributed by atoms with van der Waals surface area (Å²) in [6, 6.07) is 7.83. The number of nitrogens with zero attached hydrogens (tertiary/aromatic N) is 1. The number of hydrogen-bond acceptors (Lipinski definition) is 3. The van der Waals surface area contributed by atoms with Crippen LogP contribution < -0.4 is 10.5 Å². The van der Waals surface area contributed by atoms with Gasteiger partial charge in [-0.1, -0.05) is 25.1 Å². The molecule has 4 heteroatoms. The molecule has 1 saturated heterocycles. The molecule has 2 rings (SSSR count). The van der Waals surface area contributed by atoms with E-state index in [2.05, 4.69) is 13.8 Å². The van der Waals surface area contributed by atoms with Crippen molar-refractivity contribution in [2.75, 3.05) is 6.61 Å². The third-order valence-electron chi connectivity index (χ3n) is 4.01. The summed E-state index contributed by atoms with van der Waals surface area (Å²) in [6.45, 7) is 6.73. The van der Waals surface area contributed by atoms with Gasteiger partial charge in [0.05, 0.1) is 12.6 Å². The first kappa shape index (κ1) is 14.9. The number of rotatable bonds is 5. The van der Waals surface area contributed by atoms with Gasteiger partial charge in [0.15, 0.2) is 0 Å². The normalized spacial score (nSPS) is 24.0. The van der Waals surface area contributed by atoms with Crippen LogP contribution in [0.3, 0.4) is 0 Å². The third kappa shape index (κ3) is 2.66. The quantitative estimate of drug-likeness (QED) is 0.899. The van der Waals surface area contributed by atoms with Gasteiger partial charge in [-0.15, -0.1) is 0 Å². The highest BCUT2D eigenvalue weighted by molar-refractivity contribution is 5.81. The number of likely N-dealkylation sites (tertiary alicyclic amines) is 1. The van der Waals surface area contributed by atoms with Crippen molar-refractivity contribution < 1.29 is 9.53 Å². The maximum Gasteiger partial charge on any atom is 0.225 e. The smallest absolute Gasteiger partial charge is 0.225 e. The second-order valence-electron chi connectivity index (χ2n) is 5.34. The van der Waals surface area contributed by atoms with Crippen molar-refractivity contribution in [3.8, 4) is 5.75 Å². The van der Waals surface area contributed by atoms with Gasteiger partial charge in [0.25, 0.3) is 0 Å². The van der Waals surface area contributed by atoms with Crippen LogP contribution in [-0.4, -0.2) is 29.5 Å². The fraction of sp³-hybridized carbons (Fsp3) is 0.562. The van der Waals surface area contributed by atoms with Gasteiger partial charge in [-0.25, -0.2) is 0 Å². The molecule has 110 valence electrons. The maximum absolute atomic E-state index is 12.2. The predicted octanol–water partition coefficient (Wildman–Crippen LogP) is 2.48. The van der Waals surface area contributed by atoms with Gasteiger partial charge >= 0.3 is 0 Å². The molecule has 20 heavy (non-hydrogen) atoms. The Morgan fingerprint density at radius 2 is 2.10 bits per heavy atom. The number of amides is 1. The number of nitrogens with two attached hydrogens (primary N) is 1. The molecule has 0 aromatic heterocycles. The SMILES string of the molecule is CCOc1ccccc1C1C(N)CC(=O)N1C(C)CC. The molecule has 1 amide bonds. The molecule has 1 heterocycles. The molecule has 0 radical (unpaired) electrons. The molecule has 0 aliphatic carbocycles. The minimum Gasteiger partial charge on any atom is -0.494 e. The first-order valence-electron chi connectivity index (χ1n) is 7.38. The molecule has 0 bridgehead atoms. The highest BCUT2D eigenvalue weighted by Gasteiger charge is 2.41. The summed E-state index contributed by atoms with van der Waals surface area (Å²) in [5, 5.41) is 0. The van der Waals surface area contributed by atoms with Gasteiger partial charge in [-0.2, -0.15) is 0 Å². The predicted molar refractivity (Wildman–Crippen MR) is 79.5 cm³/mol. The number of hydrogen-bond donors (Lipinski definition) is 1. The average Bonchev–Trinajstić information content (AvgIpc) is 2.73. The van der Waals surface area contributed by atoms with Crippen LogP contribution in [0.1, 0.15) is 45.2 Å². The summed E-state index contributed by atoms with van der Waals surface area (Å²) in [5.74, 6) is 0.974. The molecule has 1 aromatic rings. The van der Waals surface area contributed by atoms with Crippen molar-refractivity contribution in [2.45, 2.75) is 51.7 Å². The van der Waals surface area contributed by atoms with Crippen molar-refractivity contribution in [3.05, 3.63) is 29.8 Å². The largest absolute Gasteiger partial charge is 0.494 e. The lowest BCUT2D eigenvalue weighted by Gasteiger charge is -2.33. The molecule has 4 nitrogen and oxygen atoms in total. The average molecular weight is 276 g/mol. The Labute approximate surface area is 120 Å².